The van der Waals surface area contributed by atoms with Crippen LogP contribution >= 0.6 is 0 Å². The van der Waals surface area contributed by atoms with Crippen molar-refractivity contribution in [3.63, 3.8) is 0 Å². The lowest BCUT2D eigenvalue weighted by atomic mass is 10.2. The van der Waals surface area contributed by atoms with Gasteiger partial charge in [-0.1, -0.05) is 17.7 Å². The van der Waals surface area contributed by atoms with Gasteiger partial charge in [-0.25, -0.2) is 8.42 Å². The molecule has 1 aromatic rings. The van der Waals surface area contributed by atoms with Gasteiger partial charge in [0.05, 0.1) is 18.0 Å². The fourth-order valence-electron chi connectivity index (χ4n) is 2.52. The second-order valence-corrected chi connectivity index (χ2v) is 7.77. The molecule has 7 heteroatoms. The second-order valence-electron chi connectivity index (χ2n) is 5.86. The third-order valence-electron chi connectivity index (χ3n) is 3.82. The SMILES string of the molecule is Cc1ccc(N(CCC(=O)NCC2CCCO2)S(C)(=O)=O)cc1. The van der Waals surface area contributed by atoms with Gasteiger partial charge in [0, 0.05) is 26.1 Å². The fraction of sp³-hybridized carbons (Fsp3) is 0.562. The minimum Gasteiger partial charge on any atom is -0.376 e. The molecule has 0 spiro atoms. The maximum Gasteiger partial charge on any atom is 0.232 e. The molecule has 1 unspecified atom stereocenters. The smallest absolute Gasteiger partial charge is 0.232 e. The van der Waals surface area contributed by atoms with Crippen LogP contribution in [0.15, 0.2) is 24.3 Å². The number of carbonyl (C=O) groups excluding carboxylic acids is 1. The Balaban J connectivity index is 1.90. The van der Waals surface area contributed by atoms with Crippen molar-refractivity contribution < 1.29 is 17.9 Å². The number of carbonyl (C=O) groups is 1. The lowest BCUT2D eigenvalue weighted by Gasteiger charge is -2.22. The lowest BCUT2D eigenvalue weighted by Crippen LogP contribution is -2.36. The molecule has 0 radical (unpaired) electrons. The molecule has 1 fully saturated rings. The van der Waals surface area contributed by atoms with E-state index >= 15 is 0 Å². The van der Waals surface area contributed by atoms with Crippen LogP contribution < -0.4 is 9.62 Å². The Kier molecular flexibility index (Phi) is 6.01. The van der Waals surface area contributed by atoms with E-state index in [0.29, 0.717) is 12.2 Å². The summed E-state index contributed by atoms with van der Waals surface area (Å²) < 4.78 is 30.6. The van der Waals surface area contributed by atoms with Crippen molar-refractivity contribution in [1.29, 1.82) is 0 Å². The Morgan fingerprint density at radius 2 is 2.04 bits per heavy atom. The van der Waals surface area contributed by atoms with E-state index < -0.39 is 10.0 Å². The first-order valence-electron chi connectivity index (χ1n) is 7.79. The first-order chi connectivity index (χ1) is 10.9. The highest BCUT2D eigenvalue weighted by atomic mass is 32.2. The number of amides is 1. The molecule has 0 aromatic heterocycles. The molecule has 23 heavy (non-hydrogen) atoms. The summed E-state index contributed by atoms with van der Waals surface area (Å²) in [6, 6.07) is 7.21. The Morgan fingerprint density at radius 1 is 1.35 bits per heavy atom. The van der Waals surface area contributed by atoms with Gasteiger partial charge in [-0.05, 0) is 31.9 Å². The Hall–Kier alpha value is -1.60. The summed E-state index contributed by atoms with van der Waals surface area (Å²) in [5, 5.41) is 2.81. The third kappa shape index (κ3) is 5.51. The van der Waals surface area contributed by atoms with Crippen LogP contribution in [0, 0.1) is 6.92 Å². The molecule has 0 saturated carbocycles. The monoisotopic (exact) mass is 340 g/mol. The van der Waals surface area contributed by atoms with Crippen molar-refractivity contribution in [2.45, 2.75) is 32.3 Å². The summed E-state index contributed by atoms with van der Waals surface area (Å²) in [6.07, 6.45) is 3.33. The molecular weight excluding hydrogens is 316 g/mol. The predicted octanol–water partition coefficient (Wildman–Crippen LogP) is 1.45. The minimum absolute atomic E-state index is 0.0852. The quantitative estimate of drug-likeness (QED) is 0.815. The largest absolute Gasteiger partial charge is 0.376 e. The summed E-state index contributed by atoms with van der Waals surface area (Å²) in [5.41, 5.74) is 1.63. The topological polar surface area (TPSA) is 75.7 Å². The van der Waals surface area contributed by atoms with Crippen molar-refractivity contribution in [2.75, 3.05) is 30.3 Å². The highest BCUT2D eigenvalue weighted by Gasteiger charge is 2.20. The Bertz CT molecular complexity index is 622. The summed E-state index contributed by atoms with van der Waals surface area (Å²) in [5.74, 6) is -0.165. The number of ether oxygens (including phenoxy) is 1. The number of benzene rings is 1. The van der Waals surface area contributed by atoms with Gasteiger partial charge in [-0.15, -0.1) is 0 Å². The third-order valence-corrected chi connectivity index (χ3v) is 5.01. The molecule has 2 rings (SSSR count). The van der Waals surface area contributed by atoms with Crippen LogP contribution in [0.25, 0.3) is 0 Å². The van der Waals surface area contributed by atoms with Crippen molar-refractivity contribution in [3.05, 3.63) is 29.8 Å². The summed E-state index contributed by atoms with van der Waals surface area (Å²) in [7, 11) is -3.43. The van der Waals surface area contributed by atoms with Gasteiger partial charge in [-0.3, -0.25) is 9.10 Å². The van der Waals surface area contributed by atoms with Crippen molar-refractivity contribution in [1.82, 2.24) is 5.32 Å². The van der Waals surface area contributed by atoms with Crippen molar-refractivity contribution >= 4 is 21.6 Å². The second kappa shape index (κ2) is 7.79. The normalized spacial score (nSPS) is 17.9. The molecule has 1 aromatic carbocycles. The number of hydrogen-bond acceptors (Lipinski definition) is 4. The minimum atomic E-state index is -3.43. The van der Waals surface area contributed by atoms with Crippen molar-refractivity contribution in [2.24, 2.45) is 0 Å². The van der Waals surface area contributed by atoms with E-state index in [1.54, 1.807) is 12.1 Å². The maximum absolute atomic E-state index is 12.0. The van der Waals surface area contributed by atoms with E-state index in [2.05, 4.69) is 5.32 Å². The number of nitrogens with zero attached hydrogens (tertiary/aromatic N) is 1. The molecular formula is C16H24N2O4S. The maximum atomic E-state index is 12.0. The van der Waals surface area contributed by atoms with Crippen LogP contribution in [0.2, 0.25) is 0 Å². The molecule has 0 bridgehead atoms. The molecule has 1 saturated heterocycles. The highest BCUT2D eigenvalue weighted by Crippen LogP contribution is 2.18. The summed E-state index contributed by atoms with van der Waals surface area (Å²) >= 11 is 0. The molecule has 1 amide bonds. The first-order valence-corrected chi connectivity index (χ1v) is 9.64. The highest BCUT2D eigenvalue weighted by molar-refractivity contribution is 7.92. The first kappa shape index (κ1) is 17.7. The molecule has 1 N–H and O–H groups in total. The van der Waals surface area contributed by atoms with E-state index in [1.807, 2.05) is 19.1 Å². The molecule has 1 atom stereocenters. The van der Waals surface area contributed by atoms with Crippen LogP contribution in [0.1, 0.15) is 24.8 Å². The number of rotatable bonds is 7. The zero-order chi connectivity index (χ0) is 16.9. The van der Waals surface area contributed by atoms with E-state index in [9.17, 15) is 13.2 Å². The molecule has 1 aliphatic rings. The Labute approximate surface area is 137 Å². The Morgan fingerprint density at radius 3 is 2.61 bits per heavy atom. The van der Waals surface area contributed by atoms with E-state index in [4.69, 9.17) is 4.74 Å². The standard InChI is InChI=1S/C16H24N2O4S/c1-13-5-7-14(8-6-13)18(23(2,20)21)10-9-16(19)17-12-15-4-3-11-22-15/h5-8,15H,3-4,9-12H2,1-2H3,(H,17,19). The van der Waals surface area contributed by atoms with Crippen molar-refractivity contribution in [3.8, 4) is 0 Å². The van der Waals surface area contributed by atoms with Gasteiger partial charge in [-0.2, -0.15) is 0 Å². The van der Waals surface area contributed by atoms with Gasteiger partial charge in [0.25, 0.3) is 0 Å². The number of nitrogens with one attached hydrogen (secondary N) is 1. The van der Waals surface area contributed by atoms with E-state index in [1.165, 1.54) is 4.31 Å². The lowest BCUT2D eigenvalue weighted by molar-refractivity contribution is -0.121. The molecule has 1 heterocycles. The van der Waals surface area contributed by atoms with Crippen LogP contribution in [-0.2, 0) is 19.6 Å². The molecule has 128 valence electrons. The predicted molar refractivity (Wildman–Crippen MR) is 90.0 cm³/mol. The van der Waals surface area contributed by atoms with Gasteiger partial charge in [0.1, 0.15) is 0 Å². The summed E-state index contributed by atoms with van der Waals surface area (Å²) in [4.78, 5) is 11.9. The molecule has 1 aliphatic heterocycles. The van der Waals surface area contributed by atoms with E-state index in [-0.39, 0.29) is 25.0 Å². The number of anilines is 1. The van der Waals surface area contributed by atoms with Crippen LogP contribution in [0.3, 0.4) is 0 Å². The van der Waals surface area contributed by atoms with Gasteiger partial charge >= 0.3 is 0 Å². The zero-order valence-corrected chi connectivity index (χ0v) is 14.4. The average molecular weight is 340 g/mol. The number of aryl methyl sites for hydroxylation is 1. The van der Waals surface area contributed by atoms with E-state index in [0.717, 1.165) is 31.3 Å². The van der Waals surface area contributed by atoms with Crippen LogP contribution in [0.5, 0.6) is 0 Å². The van der Waals surface area contributed by atoms with Gasteiger partial charge in [0.2, 0.25) is 15.9 Å². The fourth-order valence-corrected chi connectivity index (χ4v) is 3.45. The zero-order valence-electron chi connectivity index (χ0n) is 13.6. The van der Waals surface area contributed by atoms with Crippen LogP contribution in [-0.4, -0.2) is 46.4 Å². The number of sulfonamides is 1. The van der Waals surface area contributed by atoms with Gasteiger partial charge < -0.3 is 10.1 Å². The van der Waals surface area contributed by atoms with Gasteiger partial charge in [0.15, 0.2) is 0 Å². The van der Waals surface area contributed by atoms with Crippen LogP contribution in [0.4, 0.5) is 5.69 Å². The summed E-state index contributed by atoms with van der Waals surface area (Å²) in [6.45, 7) is 3.30. The molecule has 0 aliphatic carbocycles. The molecule has 6 nitrogen and oxygen atoms in total. The number of hydrogen-bond donors (Lipinski definition) is 1. The average Bonchev–Trinajstić information content (AvgIpc) is 2.99.